The molecule has 1 fully saturated rings. The molecule has 0 atom stereocenters. The number of carbonyl (C=O) groups excluding carboxylic acids is 1. The van der Waals surface area contributed by atoms with E-state index in [-0.39, 0.29) is 23.9 Å². The zero-order valence-corrected chi connectivity index (χ0v) is 13.9. The van der Waals surface area contributed by atoms with Gasteiger partial charge in [-0.05, 0) is 43.7 Å². The van der Waals surface area contributed by atoms with Gasteiger partial charge in [0.15, 0.2) is 0 Å². The van der Waals surface area contributed by atoms with Crippen molar-refractivity contribution in [3.05, 3.63) is 35.5 Å². The van der Waals surface area contributed by atoms with Crippen LogP contribution in [0.15, 0.2) is 24.4 Å². The summed E-state index contributed by atoms with van der Waals surface area (Å²) in [6, 6.07) is 3.86. The van der Waals surface area contributed by atoms with Crippen molar-refractivity contribution in [3.8, 4) is 0 Å². The topological polar surface area (TPSA) is 82.2 Å². The van der Waals surface area contributed by atoms with Crippen molar-refractivity contribution in [2.45, 2.75) is 31.9 Å². The molecule has 5 nitrogen and oxygen atoms in total. The summed E-state index contributed by atoms with van der Waals surface area (Å²) in [7, 11) is 0. The number of hydrogen-bond acceptors (Lipinski definition) is 2. The second kappa shape index (κ2) is 7.01. The summed E-state index contributed by atoms with van der Waals surface area (Å²) in [5, 5.41) is 12.1. The molecule has 0 radical (unpaired) electrons. The van der Waals surface area contributed by atoms with E-state index in [0.717, 1.165) is 6.07 Å². The zero-order chi connectivity index (χ0) is 18.9. The van der Waals surface area contributed by atoms with Gasteiger partial charge < -0.3 is 15.4 Å². The molecule has 0 bridgehead atoms. The van der Waals surface area contributed by atoms with Crippen molar-refractivity contribution >= 4 is 22.8 Å². The maximum absolute atomic E-state index is 13.3. The van der Waals surface area contributed by atoms with E-state index in [1.54, 1.807) is 6.07 Å². The van der Waals surface area contributed by atoms with Crippen LogP contribution in [-0.2, 0) is 11.0 Å². The normalized spacial score (nSPS) is 20.9. The average Bonchev–Trinajstić information content (AvgIpc) is 3.07. The number of carboxylic acids is 1. The number of aromatic amines is 1. The van der Waals surface area contributed by atoms with E-state index in [9.17, 15) is 22.8 Å². The minimum atomic E-state index is -4.63. The Kier molecular flexibility index (Phi) is 4.93. The number of amides is 1. The highest BCUT2D eigenvalue weighted by atomic mass is 19.4. The summed E-state index contributed by atoms with van der Waals surface area (Å²) in [5.74, 6) is -1.88. The second-order valence-electron chi connectivity index (χ2n) is 6.69. The Labute approximate surface area is 147 Å². The number of carbonyl (C=O) groups is 2. The molecule has 2 aromatic rings. The standard InChI is InChI=1S/C18H19F3N2O3/c19-18(20,21)13-6-5-11-7-8-22-15(11)14(13)16(24)23-9-10-1-3-12(4-2-10)17(25)26/h5-8,10,12,22H,1-4,9H2,(H,23,24)(H,25,26)/t10-,12-. The van der Waals surface area contributed by atoms with Crippen LogP contribution in [0.2, 0.25) is 0 Å². The first kappa shape index (κ1) is 18.3. The number of alkyl halides is 3. The lowest BCUT2D eigenvalue weighted by atomic mass is 9.82. The molecule has 26 heavy (non-hydrogen) atoms. The first-order valence-electron chi connectivity index (χ1n) is 8.45. The van der Waals surface area contributed by atoms with E-state index < -0.39 is 29.2 Å². The Bertz CT molecular complexity index is 821. The third kappa shape index (κ3) is 3.68. The van der Waals surface area contributed by atoms with Crippen molar-refractivity contribution in [2.24, 2.45) is 11.8 Å². The van der Waals surface area contributed by atoms with Gasteiger partial charge in [0, 0.05) is 18.1 Å². The van der Waals surface area contributed by atoms with Gasteiger partial charge in [-0.3, -0.25) is 9.59 Å². The molecule has 0 spiro atoms. The molecule has 8 heteroatoms. The van der Waals surface area contributed by atoms with Gasteiger partial charge in [-0.2, -0.15) is 13.2 Å². The van der Waals surface area contributed by atoms with E-state index in [4.69, 9.17) is 5.11 Å². The number of rotatable bonds is 4. The van der Waals surface area contributed by atoms with Gasteiger partial charge in [-0.1, -0.05) is 6.07 Å². The third-order valence-corrected chi connectivity index (χ3v) is 5.01. The summed E-state index contributed by atoms with van der Waals surface area (Å²) in [6.45, 7) is 0.236. The molecule has 1 saturated carbocycles. The van der Waals surface area contributed by atoms with E-state index in [0.29, 0.717) is 31.1 Å². The van der Waals surface area contributed by atoms with Gasteiger partial charge in [-0.25, -0.2) is 0 Å². The van der Waals surface area contributed by atoms with Crippen LogP contribution in [0.25, 0.3) is 10.9 Å². The Balaban J connectivity index is 1.74. The third-order valence-electron chi connectivity index (χ3n) is 5.01. The molecule has 1 aromatic carbocycles. The summed E-state index contributed by atoms with van der Waals surface area (Å²) >= 11 is 0. The van der Waals surface area contributed by atoms with Crippen molar-refractivity contribution in [2.75, 3.05) is 6.54 Å². The molecule has 0 unspecified atom stereocenters. The van der Waals surface area contributed by atoms with Crippen LogP contribution in [0.5, 0.6) is 0 Å². The number of carboxylic acid groups (broad SMARTS) is 1. The smallest absolute Gasteiger partial charge is 0.417 e. The number of H-pyrrole nitrogens is 1. The number of halogens is 3. The van der Waals surface area contributed by atoms with Gasteiger partial charge in [-0.15, -0.1) is 0 Å². The van der Waals surface area contributed by atoms with Gasteiger partial charge in [0.05, 0.1) is 22.6 Å². The highest BCUT2D eigenvalue weighted by molar-refractivity contribution is 6.07. The van der Waals surface area contributed by atoms with Gasteiger partial charge in [0.1, 0.15) is 0 Å². The molecule has 1 aliphatic rings. The molecule has 1 heterocycles. The zero-order valence-electron chi connectivity index (χ0n) is 13.9. The molecular formula is C18H19F3N2O3. The molecular weight excluding hydrogens is 349 g/mol. The Morgan fingerprint density at radius 3 is 2.46 bits per heavy atom. The average molecular weight is 368 g/mol. The molecule has 0 saturated heterocycles. The SMILES string of the molecule is O=C(NC[C@H]1CC[C@H](C(=O)O)CC1)c1c(C(F)(F)F)ccc2cc[nH]c12. The van der Waals surface area contributed by atoms with Crippen LogP contribution < -0.4 is 5.32 Å². The fourth-order valence-electron chi connectivity index (χ4n) is 3.54. The van der Waals surface area contributed by atoms with Crippen molar-refractivity contribution in [3.63, 3.8) is 0 Å². The summed E-state index contributed by atoms with van der Waals surface area (Å²) < 4.78 is 39.9. The van der Waals surface area contributed by atoms with Crippen LogP contribution in [0.4, 0.5) is 13.2 Å². The van der Waals surface area contributed by atoms with Gasteiger partial charge in [0.2, 0.25) is 0 Å². The summed E-state index contributed by atoms with van der Waals surface area (Å²) in [5.41, 5.74) is -1.22. The monoisotopic (exact) mass is 368 g/mol. The second-order valence-corrected chi connectivity index (χ2v) is 6.69. The highest BCUT2D eigenvalue weighted by Gasteiger charge is 2.36. The number of fused-ring (bicyclic) bond motifs is 1. The molecule has 1 aromatic heterocycles. The molecule has 1 aliphatic carbocycles. The number of nitrogens with one attached hydrogen (secondary N) is 2. The van der Waals surface area contributed by atoms with Crippen LogP contribution >= 0.6 is 0 Å². The van der Waals surface area contributed by atoms with Crippen molar-refractivity contribution in [1.29, 1.82) is 0 Å². The molecule has 3 rings (SSSR count). The lowest BCUT2D eigenvalue weighted by Gasteiger charge is -2.26. The fourth-order valence-corrected chi connectivity index (χ4v) is 3.54. The predicted octanol–water partition coefficient (Wildman–Crippen LogP) is 3.81. The first-order valence-corrected chi connectivity index (χ1v) is 8.45. The maximum atomic E-state index is 13.3. The Morgan fingerprint density at radius 2 is 1.85 bits per heavy atom. The van der Waals surface area contributed by atoms with Gasteiger partial charge in [0.25, 0.3) is 5.91 Å². The number of aliphatic carboxylic acids is 1. The summed E-state index contributed by atoms with van der Waals surface area (Å²) in [4.78, 5) is 26.2. The highest BCUT2D eigenvalue weighted by Crippen LogP contribution is 2.35. The fraction of sp³-hybridized carbons (Fsp3) is 0.444. The van der Waals surface area contributed by atoms with E-state index in [1.165, 1.54) is 12.3 Å². The van der Waals surface area contributed by atoms with Gasteiger partial charge >= 0.3 is 12.1 Å². The summed E-state index contributed by atoms with van der Waals surface area (Å²) in [6.07, 6.45) is -0.821. The number of hydrogen-bond donors (Lipinski definition) is 3. The molecule has 140 valence electrons. The van der Waals surface area contributed by atoms with Crippen LogP contribution in [-0.4, -0.2) is 28.5 Å². The predicted molar refractivity (Wildman–Crippen MR) is 88.7 cm³/mol. The van der Waals surface area contributed by atoms with Crippen molar-refractivity contribution < 1.29 is 27.9 Å². The lowest BCUT2D eigenvalue weighted by molar-refractivity contribution is -0.143. The van der Waals surface area contributed by atoms with Crippen molar-refractivity contribution in [1.82, 2.24) is 10.3 Å². The molecule has 3 N–H and O–H groups in total. The van der Waals surface area contributed by atoms with E-state index in [2.05, 4.69) is 10.3 Å². The van der Waals surface area contributed by atoms with E-state index >= 15 is 0 Å². The van der Waals surface area contributed by atoms with Crippen LogP contribution in [0.1, 0.15) is 41.6 Å². The minimum absolute atomic E-state index is 0.0757. The van der Waals surface area contributed by atoms with Crippen LogP contribution in [0, 0.1) is 11.8 Å². The first-order chi connectivity index (χ1) is 12.3. The Morgan fingerprint density at radius 1 is 1.15 bits per heavy atom. The number of benzene rings is 1. The lowest BCUT2D eigenvalue weighted by Crippen LogP contribution is -2.33. The molecule has 1 amide bonds. The maximum Gasteiger partial charge on any atom is 0.417 e. The molecule has 0 aliphatic heterocycles. The van der Waals surface area contributed by atoms with E-state index in [1.807, 2.05) is 0 Å². The largest absolute Gasteiger partial charge is 0.481 e. The Hall–Kier alpha value is -2.51. The van der Waals surface area contributed by atoms with Crippen LogP contribution in [0.3, 0.4) is 0 Å². The quantitative estimate of drug-likeness (QED) is 0.768. The number of aromatic nitrogens is 1. The minimum Gasteiger partial charge on any atom is -0.481 e.